The monoisotopic (exact) mass is 265 g/mol. The molecule has 0 radical (unpaired) electrons. The summed E-state index contributed by atoms with van der Waals surface area (Å²) in [5, 5.41) is 8.94. The van der Waals surface area contributed by atoms with Gasteiger partial charge < -0.3 is 4.90 Å². The highest BCUT2D eigenvalue weighted by Gasteiger charge is 2.19. The van der Waals surface area contributed by atoms with Gasteiger partial charge in [-0.25, -0.2) is 4.98 Å². The number of halogens is 1. The van der Waals surface area contributed by atoms with E-state index in [1.807, 2.05) is 6.92 Å². The molecule has 18 heavy (non-hydrogen) atoms. The highest BCUT2D eigenvalue weighted by Crippen LogP contribution is 2.23. The molecule has 4 heteroatoms. The molecular formula is C14H20ClN3. The number of piperidine rings is 1. The van der Waals surface area contributed by atoms with Crippen molar-refractivity contribution >= 4 is 17.4 Å². The number of amidine groups is 1. The number of likely N-dealkylation sites (tertiary alicyclic amines) is 1. The van der Waals surface area contributed by atoms with Crippen LogP contribution in [0.1, 0.15) is 42.9 Å². The van der Waals surface area contributed by atoms with Crippen LogP contribution in [0, 0.1) is 12.3 Å². The Bertz CT molecular complexity index is 451. The fourth-order valence-corrected chi connectivity index (χ4v) is 2.73. The summed E-state index contributed by atoms with van der Waals surface area (Å²) in [6.45, 7) is 6.07. The third-order valence-electron chi connectivity index (χ3n) is 3.68. The Kier molecular flexibility index (Phi) is 4.23. The van der Waals surface area contributed by atoms with Crippen molar-refractivity contribution < 1.29 is 0 Å². The van der Waals surface area contributed by atoms with Crippen molar-refractivity contribution in [3.63, 3.8) is 0 Å². The molecule has 0 aliphatic carbocycles. The Morgan fingerprint density at radius 3 is 2.67 bits per heavy atom. The minimum atomic E-state index is 0.557. The van der Waals surface area contributed by atoms with Crippen molar-refractivity contribution in [1.82, 2.24) is 9.88 Å². The molecule has 0 bridgehead atoms. The number of rotatable bonds is 2. The van der Waals surface area contributed by atoms with Gasteiger partial charge in [-0.1, -0.05) is 18.5 Å². The topological polar surface area (TPSA) is 40.0 Å². The quantitative estimate of drug-likeness (QED) is 0.506. The molecule has 2 rings (SSSR count). The van der Waals surface area contributed by atoms with Gasteiger partial charge in [0.05, 0.1) is 0 Å². The number of nitrogens with zero attached hydrogens (tertiary/aromatic N) is 2. The average molecular weight is 266 g/mol. The van der Waals surface area contributed by atoms with Crippen LogP contribution >= 0.6 is 11.6 Å². The summed E-state index contributed by atoms with van der Waals surface area (Å²) >= 11 is 6.06. The lowest BCUT2D eigenvalue weighted by Gasteiger charge is -2.30. The van der Waals surface area contributed by atoms with Crippen molar-refractivity contribution in [1.29, 1.82) is 5.41 Å². The highest BCUT2D eigenvalue weighted by atomic mass is 35.5. The second kappa shape index (κ2) is 5.70. The van der Waals surface area contributed by atoms with Crippen LogP contribution in [0.4, 0.5) is 0 Å². The van der Waals surface area contributed by atoms with Gasteiger partial charge in [-0.3, -0.25) is 5.41 Å². The Hall–Kier alpha value is -1.09. The lowest BCUT2D eigenvalue weighted by molar-refractivity contribution is 0.341. The van der Waals surface area contributed by atoms with Crippen LogP contribution in [-0.4, -0.2) is 28.8 Å². The molecule has 0 saturated carbocycles. The predicted octanol–water partition coefficient (Wildman–Crippen LogP) is 3.42. The van der Waals surface area contributed by atoms with Crippen LogP contribution in [0.5, 0.6) is 0 Å². The second-order valence-corrected chi connectivity index (χ2v) is 5.17. The van der Waals surface area contributed by atoms with Gasteiger partial charge in [-0.15, -0.1) is 0 Å². The van der Waals surface area contributed by atoms with Gasteiger partial charge in [0, 0.05) is 24.8 Å². The molecule has 1 fully saturated rings. The minimum absolute atomic E-state index is 0.557. The largest absolute Gasteiger partial charge is 0.357 e. The molecule has 0 unspecified atom stereocenters. The summed E-state index contributed by atoms with van der Waals surface area (Å²) in [6, 6.07) is 0. The van der Waals surface area contributed by atoms with E-state index in [0.29, 0.717) is 11.0 Å². The van der Waals surface area contributed by atoms with Crippen molar-refractivity contribution in [2.75, 3.05) is 13.1 Å². The first-order valence-corrected chi connectivity index (χ1v) is 7.00. The van der Waals surface area contributed by atoms with Crippen LogP contribution in [0.2, 0.25) is 5.15 Å². The van der Waals surface area contributed by atoms with E-state index in [2.05, 4.69) is 16.8 Å². The van der Waals surface area contributed by atoms with Gasteiger partial charge >= 0.3 is 0 Å². The zero-order valence-corrected chi connectivity index (χ0v) is 11.8. The summed E-state index contributed by atoms with van der Waals surface area (Å²) in [5.41, 5.74) is 3.12. The maximum absolute atomic E-state index is 8.38. The van der Waals surface area contributed by atoms with E-state index >= 15 is 0 Å². The molecule has 1 N–H and O–H groups in total. The van der Waals surface area contributed by atoms with Crippen LogP contribution < -0.4 is 0 Å². The van der Waals surface area contributed by atoms with E-state index in [0.717, 1.165) is 36.2 Å². The van der Waals surface area contributed by atoms with Crippen LogP contribution in [0.15, 0.2) is 6.20 Å². The van der Waals surface area contributed by atoms with E-state index in [1.165, 1.54) is 19.3 Å². The minimum Gasteiger partial charge on any atom is -0.357 e. The van der Waals surface area contributed by atoms with Gasteiger partial charge in [0.15, 0.2) is 0 Å². The normalized spacial score (nSPS) is 15.8. The van der Waals surface area contributed by atoms with E-state index in [9.17, 15) is 0 Å². The fourth-order valence-electron chi connectivity index (χ4n) is 2.57. The molecular weight excluding hydrogens is 246 g/mol. The maximum atomic E-state index is 8.38. The molecule has 1 aromatic rings. The number of hydrogen-bond donors (Lipinski definition) is 1. The predicted molar refractivity (Wildman–Crippen MR) is 75.6 cm³/mol. The number of pyridine rings is 1. The summed E-state index contributed by atoms with van der Waals surface area (Å²) in [7, 11) is 0. The van der Waals surface area contributed by atoms with Crippen molar-refractivity contribution in [3.05, 3.63) is 28.0 Å². The summed E-state index contributed by atoms with van der Waals surface area (Å²) in [5.74, 6) is 0.610. The van der Waals surface area contributed by atoms with Crippen molar-refractivity contribution in [3.8, 4) is 0 Å². The molecule has 0 amide bonds. The zero-order chi connectivity index (χ0) is 13.1. The van der Waals surface area contributed by atoms with Gasteiger partial charge in [0.1, 0.15) is 11.0 Å². The van der Waals surface area contributed by atoms with Gasteiger partial charge in [0.2, 0.25) is 0 Å². The van der Waals surface area contributed by atoms with Crippen LogP contribution in [0.25, 0.3) is 0 Å². The first-order chi connectivity index (χ1) is 8.65. The molecule has 2 heterocycles. The van der Waals surface area contributed by atoms with E-state index in [-0.39, 0.29) is 0 Å². The first-order valence-electron chi connectivity index (χ1n) is 6.63. The fraction of sp³-hybridized carbons (Fsp3) is 0.571. The molecule has 1 aliphatic heterocycles. The molecule has 98 valence electrons. The molecule has 1 aromatic heterocycles. The van der Waals surface area contributed by atoms with E-state index in [1.54, 1.807) is 6.20 Å². The molecule has 1 saturated heterocycles. The third kappa shape index (κ3) is 2.51. The number of hydrogen-bond acceptors (Lipinski definition) is 2. The second-order valence-electron chi connectivity index (χ2n) is 4.82. The van der Waals surface area contributed by atoms with Crippen LogP contribution in [-0.2, 0) is 6.42 Å². The Labute approximate surface area is 114 Å². The number of nitrogens with one attached hydrogen (secondary N) is 1. The Morgan fingerprint density at radius 2 is 2.06 bits per heavy atom. The Morgan fingerprint density at radius 1 is 1.39 bits per heavy atom. The van der Waals surface area contributed by atoms with E-state index in [4.69, 9.17) is 17.0 Å². The lowest BCUT2D eigenvalue weighted by Crippen LogP contribution is -2.36. The summed E-state index contributed by atoms with van der Waals surface area (Å²) < 4.78 is 0. The Balaban J connectivity index is 2.32. The smallest absolute Gasteiger partial charge is 0.132 e. The zero-order valence-electron chi connectivity index (χ0n) is 11.1. The lowest BCUT2D eigenvalue weighted by atomic mass is 10.0. The SMILES string of the molecule is CCc1c(C(=N)N2CCCCC2)cnc(Cl)c1C. The van der Waals surface area contributed by atoms with Crippen molar-refractivity contribution in [2.24, 2.45) is 0 Å². The maximum Gasteiger partial charge on any atom is 0.132 e. The third-order valence-corrected chi connectivity index (χ3v) is 4.06. The van der Waals surface area contributed by atoms with Crippen molar-refractivity contribution in [2.45, 2.75) is 39.5 Å². The van der Waals surface area contributed by atoms with Gasteiger partial charge in [-0.05, 0) is 43.7 Å². The number of aromatic nitrogens is 1. The summed E-state index contributed by atoms with van der Waals surface area (Å²) in [6.07, 6.45) is 6.29. The molecule has 3 nitrogen and oxygen atoms in total. The average Bonchev–Trinajstić information content (AvgIpc) is 2.42. The highest BCUT2D eigenvalue weighted by molar-refractivity contribution is 6.30. The molecule has 0 atom stereocenters. The molecule has 0 spiro atoms. The first kappa shape index (κ1) is 13.3. The summed E-state index contributed by atoms with van der Waals surface area (Å²) in [4.78, 5) is 6.36. The van der Waals surface area contributed by atoms with Gasteiger partial charge in [0.25, 0.3) is 0 Å². The van der Waals surface area contributed by atoms with Crippen LogP contribution in [0.3, 0.4) is 0 Å². The molecule has 0 aromatic carbocycles. The van der Waals surface area contributed by atoms with Gasteiger partial charge in [-0.2, -0.15) is 0 Å². The molecule has 1 aliphatic rings. The standard InChI is InChI=1S/C14H20ClN3/c1-3-11-10(2)13(15)17-9-12(11)14(16)18-7-5-4-6-8-18/h9,16H,3-8H2,1-2H3. The van der Waals surface area contributed by atoms with E-state index < -0.39 is 0 Å².